The van der Waals surface area contributed by atoms with Gasteiger partial charge in [-0.3, -0.25) is 0 Å². The first-order chi connectivity index (χ1) is 10.6. The standard InChI is InChI=1S/C18H24N2O2/c1-12-6-5-7-20(11-12)17-8-13(2)18-15(19-17)9-14(21-3)10-16(18)22-4/h8-10,12H,5-7,11H2,1-4H3. The second-order valence-electron chi connectivity index (χ2n) is 6.21. The number of hydrogen-bond donors (Lipinski definition) is 0. The van der Waals surface area contributed by atoms with Gasteiger partial charge in [-0.2, -0.15) is 0 Å². The number of benzene rings is 1. The molecule has 3 rings (SSSR count). The zero-order valence-electron chi connectivity index (χ0n) is 13.8. The van der Waals surface area contributed by atoms with Gasteiger partial charge in [-0.25, -0.2) is 4.98 Å². The van der Waals surface area contributed by atoms with Gasteiger partial charge in [0.05, 0.1) is 19.7 Å². The molecule has 4 nitrogen and oxygen atoms in total. The highest BCUT2D eigenvalue weighted by atomic mass is 16.5. The Morgan fingerprint density at radius 2 is 2.00 bits per heavy atom. The van der Waals surface area contributed by atoms with E-state index in [1.165, 1.54) is 18.4 Å². The van der Waals surface area contributed by atoms with Crippen LogP contribution in [-0.2, 0) is 0 Å². The maximum Gasteiger partial charge on any atom is 0.132 e. The van der Waals surface area contributed by atoms with Crippen LogP contribution in [0.25, 0.3) is 10.9 Å². The van der Waals surface area contributed by atoms with Crippen LogP contribution in [0.5, 0.6) is 11.5 Å². The van der Waals surface area contributed by atoms with Crippen molar-refractivity contribution < 1.29 is 9.47 Å². The van der Waals surface area contributed by atoms with Gasteiger partial charge in [-0.1, -0.05) is 6.92 Å². The highest BCUT2D eigenvalue weighted by Crippen LogP contribution is 2.35. The number of ether oxygens (including phenoxy) is 2. The lowest BCUT2D eigenvalue weighted by Crippen LogP contribution is -2.34. The quantitative estimate of drug-likeness (QED) is 0.863. The lowest BCUT2D eigenvalue weighted by molar-refractivity contribution is 0.397. The average molecular weight is 300 g/mol. The molecule has 1 aromatic carbocycles. The van der Waals surface area contributed by atoms with Crippen molar-refractivity contribution in [2.45, 2.75) is 26.7 Å². The Bertz CT molecular complexity index is 684. The average Bonchev–Trinajstić information content (AvgIpc) is 2.53. The molecule has 1 atom stereocenters. The summed E-state index contributed by atoms with van der Waals surface area (Å²) in [6, 6.07) is 6.08. The first kappa shape index (κ1) is 14.9. The molecule has 0 spiro atoms. The normalized spacial score (nSPS) is 18.5. The summed E-state index contributed by atoms with van der Waals surface area (Å²) < 4.78 is 10.9. The molecule has 0 N–H and O–H groups in total. The van der Waals surface area contributed by atoms with Gasteiger partial charge >= 0.3 is 0 Å². The van der Waals surface area contributed by atoms with Gasteiger partial charge in [-0.15, -0.1) is 0 Å². The fourth-order valence-electron chi connectivity index (χ4n) is 3.32. The second-order valence-corrected chi connectivity index (χ2v) is 6.21. The Morgan fingerprint density at radius 3 is 2.68 bits per heavy atom. The summed E-state index contributed by atoms with van der Waals surface area (Å²) in [5.74, 6) is 3.39. The maximum atomic E-state index is 5.52. The Kier molecular flexibility index (Phi) is 4.10. The van der Waals surface area contributed by atoms with E-state index in [9.17, 15) is 0 Å². The Balaban J connectivity index is 2.10. The van der Waals surface area contributed by atoms with Crippen molar-refractivity contribution in [1.82, 2.24) is 4.98 Å². The molecule has 0 aliphatic carbocycles. The van der Waals surface area contributed by atoms with Crippen molar-refractivity contribution in [3.8, 4) is 11.5 Å². The van der Waals surface area contributed by atoms with Crippen molar-refractivity contribution >= 4 is 16.7 Å². The van der Waals surface area contributed by atoms with E-state index in [0.717, 1.165) is 47.2 Å². The number of hydrogen-bond acceptors (Lipinski definition) is 4. The lowest BCUT2D eigenvalue weighted by Gasteiger charge is -2.32. The fourth-order valence-corrected chi connectivity index (χ4v) is 3.32. The van der Waals surface area contributed by atoms with Gasteiger partial charge in [0.25, 0.3) is 0 Å². The van der Waals surface area contributed by atoms with Crippen LogP contribution in [0.4, 0.5) is 5.82 Å². The minimum Gasteiger partial charge on any atom is -0.497 e. The predicted octanol–water partition coefficient (Wildman–Crippen LogP) is 3.80. The topological polar surface area (TPSA) is 34.6 Å². The van der Waals surface area contributed by atoms with Crippen LogP contribution in [0.2, 0.25) is 0 Å². The highest BCUT2D eigenvalue weighted by molar-refractivity contribution is 5.91. The van der Waals surface area contributed by atoms with Gasteiger partial charge in [-0.05, 0) is 37.3 Å². The van der Waals surface area contributed by atoms with Crippen LogP contribution in [0.3, 0.4) is 0 Å². The summed E-state index contributed by atoms with van der Waals surface area (Å²) in [6.45, 7) is 6.60. The van der Waals surface area contributed by atoms with Crippen molar-refractivity contribution in [2.75, 3.05) is 32.2 Å². The van der Waals surface area contributed by atoms with Crippen LogP contribution < -0.4 is 14.4 Å². The third-order valence-electron chi connectivity index (χ3n) is 4.47. The van der Waals surface area contributed by atoms with Crippen LogP contribution >= 0.6 is 0 Å². The molecule has 1 saturated heterocycles. The third kappa shape index (κ3) is 2.70. The largest absolute Gasteiger partial charge is 0.497 e. The molecule has 2 aromatic rings. The monoisotopic (exact) mass is 300 g/mol. The number of pyridine rings is 1. The van der Waals surface area contributed by atoms with Crippen LogP contribution in [0.1, 0.15) is 25.3 Å². The SMILES string of the molecule is COc1cc(OC)c2c(C)cc(N3CCCC(C)C3)nc2c1. The van der Waals surface area contributed by atoms with E-state index >= 15 is 0 Å². The summed E-state index contributed by atoms with van der Waals surface area (Å²) >= 11 is 0. The van der Waals surface area contributed by atoms with Gasteiger partial charge in [0.2, 0.25) is 0 Å². The Morgan fingerprint density at radius 1 is 1.18 bits per heavy atom. The summed E-state index contributed by atoms with van der Waals surface area (Å²) in [4.78, 5) is 7.27. The van der Waals surface area contributed by atoms with E-state index in [4.69, 9.17) is 14.5 Å². The van der Waals surface area contributed by atoms with Crippen LogP contribution in [0, 0.1) is 12.8 Å². The van der Waals surface area contributed by atoms with Crippen LogP contribution in [0.15, 0.2) is 18.2 Å². The summed E-state index contributed by atoms with van der Waals surface area (Å²) in [5.41, 5.74) is 2.13. The van der Waals surface area contributed by atoms with Crippen molar-refractivity contribution in [2.24, 2.45) is 5.92 Å². The summed E-state index contributed by atoms with van der Waals surface area (Å²) in [6.07, 6.45) is 2.55. The molecule has 0 saturated carbocycles. The molecule has 2 heterocycles. The molecule has 1 aliphatic heterocycles. The minimum absolute atomic E-state index is 0.728. The molecule has 1 fully saturated rings. The molecule has 1 unspecified atom stereocenters. The van der Waals surface area contributed by atoms with E-state index in [2.05, 4.69) is 24.8 Å². The molecule has 0 amide bonds. The fraction of sp³-hybridized carbons (Fsp3) is 0.500. The minimum atomic E-state index is 0.728. The number of rotatable bonds is 3. The zero-order valence-corrected chi connectivity index (χ0v) is 13.8. The van der Waals surface area contributed by atoms with Gasteiger partial charge < -0.3 is 14.4 Å². The number of piperidine rings is 1. The molecule has 0 radical (unpaired) electrons. The van der Waals surface area contributed by atoms with Gasteiger partial charge in [0.15, 0.2) is 0 Å². The molecular weight excluding hydrogens is 276 g/mol. The highest BCUT2D eigenvalue weighted by Gasteiger charge is 2.19. The number of aryl methyl sites for hydroxylation is 1. The summed E-state index contributed by atoms with van der Waals surface area (Å²) in [7, 11) is 3.36. The van der Waals surface area contributed by atoms with Crippen molar-refractivity contribution in [3.05, 3.63) is 23.8 Å². The van der Waals surface area contributed by atoms with E-state index < -0.39 is 0 Å². The third-order valence-corrected chi connectivity index (χ3v) is 4.47. The number of nitrogens with zero attached hydrogens (tertiary/aromatic N) is 2. The maximum absolute atomic E-state index is 5.52. The molecule has 22 heavy (non-hydrogen) atoms. The van der Waals surface area contributed by atoms with E-state index in [1.54, 1.807) is 14.2 Å². The molecule has 4 heteroatoms. The zero-order chi connectivity index (χ0) is 15.7. The number of fused-ring (bicyclic) bond motifs is 1. The second kappa shape index (κ2) is 6.03. The predicted molar refractivity (Wildman–Crippen MR) is 90.2 cm³/mol. The molecular formula is C18H24N2O2. The number of methoxy groups -OCH3 is 2. The van der Waals surface area contributed by atoms with Gasteiger partial charge in [0, 0.05) is 30.6 Å². The van der Waals surface area contributed by atoms with E-state index in [0.29, 0.717) is 0 Å². The lowest BCUT2D eigenvalue weighted by atomic mass is 10.00. The first-order valence-corrected chi connectivity index (χ1v) is 7.90. The number of anilines is 1. The van der Waals surface area contributed by atoms with E-state index in [-0.39, 0.29) is 0 Å². The van der Waals surface area contributed by atoms with E-state index in [1.807, 2.05) is 12.1 Å². The first-order valence-electron chi connectivity index (χ1n) is 7.90. The van der Waals surface area contributed by atoms with Crippen molar-refractivity contribution in [3.63, 3.8) is 0 Å². The molecule has 1 aromatic heterocycles. The molecule has 118 valence electrons. The smallest absolute Gasteiger partial charge is 0.132 e. The van der Waals surface area contributed by atoms with Gasteiger partial charge in [0.1, 0.15) is 17.3 Å². The molecule has 1 aliphatic rings. The Hall–Kier alpha value is -1.97. The number of aromatic nitrogens is 1. The Labute approximate surface area is 132 Å². The van der Waals surface area contributed by atoms with Crippen molar-refractivity contribution in [1.29, 1.82) is 0 Å². The molecule has 0 bridgehead atoms. The van der Waals surface area contributed by atoms with Crippen LogP contribution in [-0.4, -0.2) is 32.3 Å². The summed E-state index contributed by atoms with van der Waals surface area (Å²) in [5, 5.41) is 1.07.